The van der Waals surface area contributed by atoms with Gasteiger partial charge in [-0.3, -0.25) is 9.59 Å². The van der Waals surface area contributed by atoms with Gasteiger partial charge >= 0.3 is 5.97 Å². The molecule has 0 aliphatic heterocycles. The first kappa shape index (κ1) is 22.0. The van der Waals surface area contributed by atoms with Crippen LogP contribution in [0, 0.1) is 16.7 Å². The van der Waals surface area contributed by atoms with Crippen LogP contribution in [0.3, 0.4) is 0 Å². The number of aromatic nitrogens is 1. The molecule has 2 aromatic rings. The van der Waals surface area contributed by atoms with E-state index >= 15 is 0 Å². The van der Waals surface area contributed by atoms with Crippen LogP contribution in [0.15, 0.2) is 30.5 Å². The highest BCUT2D eigenvalue weighted by molar-refractivity contribution is 7.89. The molecule has 0 unspecified atom stereocenters. The van der Waals surface area contributed by atoms with Crippen molar-refractivity contribution in [2.24, 2.45) is 16.7 Å². The molecule has 31 heavy (non-hydrogen) atoms. The Hall–Kier alpha value is -2.19. The molecule has 1 aromatic heterocycles. The van der Waals surface area contributed by atoms with E-state index in [1.54, 1.807) is 13.1 Å². The number of benzene rings is 1. The van der Waals surface area contributed by atoms with Crippen LogP contribution in [0.1, 0.15) is 45.6 Å². The lowest BCUT2D eigenvalue weighted by Gasteiger charge is -2.36. The standard InChI is InChI=1S/C23H30N2O5S/c1-4-30-21(27)19(11-15-13-24-18-8-6-5-7-17(15)18)25-31(28,29)14-23-10-9-16(12-20(23)26)22(23,2)3/h5-8,13,16,19,24-25H,4,9-12,14H2,1-3H3/t16-,19-,23-/m1/s1. The molecule has 8 heteroatoms. The third-order valence-electron chi connectivity index (χ3n) is 7.57. The van der Waals surface area contributed by atoms with Crippen LogP contribution in [0.4, 0.5) is 0 Å². The number of Topliss-reactive ketones (excluding diaryl/α,β-unsaturated/α-hetero) is 1. The first-order valence-electron chi connectivity index (χ1n) is 10.8. The molecule has 168 valence electrons. The number of hydrogen-bond donors (Lipinski definition) is 2. The summed E-state index contributed by atoms with van der Waals surface area (Å²) in [5.74, 6) is -0.646. The number of H-pyrrole nitrogens is 1. The molecule has 2 saturated carbocycles. The number of ketones is 1. The monoisotopic (exact) mass is 446 g/mol. The van der Waals surface area contributed by atoms with E-state index in [0.717, 1.165) is 22.9 Å². The molecule has 0 spiro atoms. The second kappa shape index (κ2) is 7.74. The van der Waals surface area contributed by atoms with Crippen molar-refractivity contribution in [3.63, 3.8) is 0 Å². The number of carbonyl (C=O) groups is 2. The van der Waals surface area contributed by atoms with E-state index in [1.807, 2.05) is 38.1 Å². The summed E-state index contributed by atoms with van der Waals surface area (Å²) in [7, 11) is -3.91. The molecule has 3 atom stereocenters. The first-order valence-corrected chi connectivity index (χ1v) is 12.5. The third kappa shape index (κ3) is 3.69. The number of sulfonamides is 1. The summed E-state index contributed by atoms with van der Waals surface area (Å²) >= 11 is 0. The van der Waals surface area contributed by atoms with Gasteiger partial charge in [-0.05, 0) is 42.7 Å². The second-order valence-electron chi connectivity index (χ2n) is 9.41. The molecule has 2 N–H and O–H groups in total. The molecule has 2 aliphatic carbocycles. The van der Waals surface area contributed by atoms with Gasteiger partial charge in [-0.1, -0.05) is 32.0 Å². The summed E-state index contributed by atoms with van der Waals surface area (Å²) in [6.45, 7) is 5.84. The fourth-order valence-corrected chi connectivity index (χ4v) is 7.65. The number of hydrogen-bond acceptors (Lipinski definition) is 5. The highest BCUT2D eigenvalue weighted by atomic mass is 32.2. The molecular weight excluding hydrogens is 416 g/mol. The second-order valence-corrected chi connectivity index (χ2v) is 11.2. The van der Waals surface area contributed by atoms with Crippen molar-refractivity contribution in [1.82, 2.24) is 9.71 Å². The highest BCUT2D eigenvalue weighted by Gasteiger charge is 2.65. The molecule has 0 saturated heterocycles. The Labute approximate surface area is 183 Å². The number of fused-ring (bicyclic) bond motifs is 3. The van der Waals surface area contributed by atoms with Gasteiger partial charge in [-0.15, -0.1) is 0 Å². The zero-order valence-electron chi connectivity index (χ0n) is 18.2. The summed E-state index contributed by atoms with van der Waals surface area (Å²) < 4.78 is 34.2. The topological polar surface area (TPSA) is 105 Å². The van der Waals surface area contributed by atoms with Crippen LogP contribution < -0.4 is 4.72 Å². The van der Waals surface area contributed by atoms with E-state index in [4.69, 9.17) is 4.74 Å². The van der Waals surface area contributed by atoms with Crippen molar-refractivity contribution >= 4 is 32.7 Å². The van der Waals surface area contributed by atoms with Gasteiger partial charge in [0.1, 0.15) is 11.8 Å². The lowest BCUT2D eigenvalue weighted by atomic mass is 9.70. The molecule has 7 nitrogen and oxygen atoms in total. The van der Waals surface area contributed by atoms with E-state index < -0.39 is 27.4 Å². The average molecular weight is 447 g/mol. The Balaban J connectivity index is 1.59. The molecular formula is C23H30N2O5S. The zero-order chi connectivity index (χ0) is 22.4. The number of ether oxygens (including phenoxy) is 1. The van der Waals surface area contributed by atoms with Gasteiger partial charge in [0.15, 0.2) is 0 Å². The molecule has 2 fully saturated rings. The Kier molecular flexibility index (Phi) is 5.50. The Morgan fingerprint density at radius 1 is 1.32 bits per heavy atom. The van der Waals surface area contributed by atoms with Crippen LogP contribution in [-0.2, 0) is 30.8 Å². The fourth-order valence-electron chi connectivity index (χ4n) is 5.63. The number of carbonyl (C=O) groups excluding carboxylic acids is 2. The smallest absolute Gasteiger partial charge is 0.324 e. The van der Waals surface area contributed by atoms with Gasteiger partial charge in [0.2, 0.25) is 10.0 Å². The fraction of sp³-hybridized carbons (Fsp3) is 0.565. The first-order chi connectivity index (χ1) is 14.6. The maximum absolute atomic E-state index is 13.2. The van der Waals surface area contributed by atoms with Crippen LogP contribution in [0.25, 0.3) is 10.9 Å². The van der Waals surface area contributed by atoms with E-state index in [-0.39, 0.29) is 35.9 Å². The summed E-state index contributed by atoms with van der Waals surface area (Å²) in [5, 5.41) is 0.931. The van der Waals surface area contributed by atoms with Crippen LogP contribution in [0.2, 0.25) is 0 Å². The lowest BCUT2D eigenvalue weighted by molar-refractivity contribution is -0.145. The Morgan fingerprint density at radius 3 is 2.71 bits per heavy atom. The molecule has 0 radical (unpaired) electrons. The van der Waals surface area contributed by atoms with Crippen LogP contribution >= 0.6 is 0 Å². The molecule has 2 bridgehead atoms. The van der Waals surface area contributed by atoms with Gasteiger partial charge in [0.05, 0.1) is 12.4 Å². The third-order valence-corrected chi connectivity index (χ3v) is 9.08. The summed E-state index contributed by atoms with van der Waals surface area (Å²) in [4.78, 5) is 28.6. The SMILES string of the molecule is CCOC(=O)[C@@H](Cc1c[nH]c2ccccc12)NS(=O)(=O)C[C@]12CC[C@H](CC1=O)C2(C)C. The normalized spacial score (nSPS) is 25.8. The van der Waals surface area contributed by atoms with Crippen molar-refractivity contribution < 1.29 is 22.7 Å². The minimum Gasteiger partial charge on any atom is -0.465 e. The van der Waals surface area contributed by atoms with Crippen molar-refractivity contribution in [2.45, 2.75) is 52.5 Å². The van der Waals surface area contributed by atoms with Crippen LogP contribution in [0.5, 0.6) is 0 Å². The van der Waals surface area contributed by atoms with Crippen molar-refractivity contribution in [3.05, 3.63) is 36.0 Å². The average Bonchev–Trinajstić information content (AvgIpc) is 3.27. The number of aromatic amines is 1. The Bertz CT molecular complexity index is 1120. The van der Waals surface area contributed by atoms with Crippen molar-refractivity contribution in [3.8, 4) is 0 Å². The maximum atomic E-state index is 13.2. The molecule has 0 amide bonds. The largest absolute Gasteiger partial charge is 0.465 e. The summed E-state index contributed by atoms with van der Waals surface area (Å²) in [5.41, 5.74) is 0.489. The van der Waals surface area contributed by atoms with E-state index in [1.165, 1.54) is 0 Å². The Morgan fingerprint density at radius 2 is 2.06 bits per heavy atom. The predicted molar refractivity (Wildman–Crippen MR) is 118 cm³/mol. The van der Waals surface area contributed by atoms with Crippen molar-refractivity contribution in [2.75, 3.05) is 12.4 Å². The van der Waals surface area contributed by atoms with Crippen molar-refractivity contribution in [1.29, 1.82) is 0 Å². The molecule has 1 heterocycles. The van der Waals surface area contributed by atoms with Crippen LogP contribution in [-0.4, -0.2) is 43.6 Å². The lowest BCUT2D eigenvalue weighted by Crippen LogP contribution is -2.50. The maximum Gasteiger partial charge on any atom is 0.324 e. The van der Waals surface area contributed by atoms with Gasteiger partial charge in [0.25, 0.3) is 0 Å². The minimum atomic E-state index is -3.91. The highest BCUT2D eigenvalue weighted by Crippen LogP contribution is 2.64. The quantitative estimate of drug-likeness (QED) is 0.607. The number of rotatable bonds is 8. The zero-order valence-corrected chi connectivity index (χ0v) is 19.1. The number of para-hydroxylation sites is 1. The number of nitrogens with one attached hydrogen (secondary N) is 2. The van der Waals surface area contributed by atoms with Gasteiger partial charge in [-0.2, -0.15) is 0 Å². The van der Waals surface area contributed by atoms with E-state index in [2.05, 4.69) is 9.71 Å². The molecule has 2 aliphatic rings. The van der Waals surface area contributed by atoms with Gasteiger partial charge in [-0.25, -0.2) is 13.1 Å². The van der Waals surface area contributed by atoms with E-state index in [0.29, 0.717) is 12.8 Å². The summed E-state index contributed by atoms with van der Waals surface area (Å²) in [6, 6.07) is 6.59. The van der Waals surface area contributed by atoms with E-state index in [9.17, 15) is 18.0 Å². The minimum absolute atomic E-state index is 0.0310. The molecule has 1 aromatic carbocycles. The number of esters is 1. The van der Waals surface area contributed by atoms with Gasteiger partial charge in [0, 0.05) is 35.4 Å². The van der Waals surface area contributed by atoms with Gasteiger partial charge < -0.3 is 9.72 Å². The predicted octanol–water partition coefficient (Wildman–Crippen LogP) is 2.96. The summed E-state index contributed by atoms with van der Waals surface area (Å²) in [6.07, 6.45) is 3.84. The molecule has 4 rings (SSSR count).